The van der Waals surface area contributed by atoms with Crippen LogP contribution in [0.15, 0.2) is 0 Å². The Morgan fingerprint density at radius 1 is 1.33 bits per heavy atom. The Kier molecular flexibility index (Phi) is 5.84. The zero-order chi connectivity index (χ0) is 13.0. The smallest absolute Gasteiger partial charge is 0.0249 e. The van der Waals surface area contributed by atoms with Gasteiger partial charge in [0, 0.05) is 37.5 Å². The maximum Gasteiger partial charge on any atom is 0.0249 e. The summed E-state index contributed by atoms with van der Waals surface area (Å²) in [6.07, 6.45) is 4.23. The molecule has 2 fully saturated rings. The lowest BCUT2D eigenvalue weighted by Gasteiger charge is -2.42. The van der Waals surface area contributed by atoms with E-state index in [9.17, 15) is 0 Å². The van der Waals surface area contributed by atoms with Crippen molar-refractivity contribution in [3.63, 3.8) is 0 Å². The molecule has 1 saturated heterocycles. The molecule has 3 atom stereocenters. The highest BCUT2D eigenvalue weighted by molar-refractivity contribution is 7.99. The largest absolute Gasteiger partial charge is 0.311 e. The zero-order valence-electron chi connectivity index (χ0n) is 12.3. The Balaban J connectivity index is 1.85. The standard InChI is InChI=1S/C15H30N2S/c1-4-12(3)14-11-17(8-9-18-5-2)15(10-16-14)13-6-7-13/h12-16H,4-11H2,1-3H3. The number of hydrogen-bond acceptors (Lipinski definition) is 3. The summed E-state index contributed by atoms with van der Waals surface area (Å²) in [6, 6.07) is 1.55. The lowest BCUT2D eigenvalue weighted by atomic mass is 9.94. The summed E-state index contributed by atoms with van der Waals surface area (Å²) in [5.41, 5.74) is 0. The molecule has 2 aliphatic rings. The van der Waals surface area contributed by atoms with Crippen molar-refractivity contribution in [2.24, 2.45) is 11.8 Å². The van der Waals surface area contributed by atoms with Crippen LogP contribution in [0.5, 0.6) is 0 Å². The second-order valence-electron chi connectivity index (χ2n) is 6.00. The molecule has 1 aliphatic carbocycles. The maximum absolute atomic E-state index is 3.81. The zero-order valence-corrected chi connectivity index (χ0v) is 13.1. The molecule has 1 N–H and O–H groups in total. The Labute approximate surface area is 117 Å². The predicted octanol–water partition coefficient (Wildman–Crippen LogP) is 2.84. The van der Waals surface area contributed by atoms with Gasteiger partial charge in [-0.15, -0.1) is 0 Å². The average molecular weight is 270 g/mol. The molecule has 0 aromatic carbocycles. The van der Waals surface area contributed by atoms with E-state index >= 15 is 0 Å². The van der Waals surface area contributed by atoms with Crippen molar-refractivity contribution in [3.05, 3.63) is 0 Å². The van der Waals surface area contributed by atoms with E-state index in [1.807, 2.05) is 0 Å². The molecule has 1 aliphatic heterocycles. The van der Waals surface area contributed by atoms with Gasteiger partial charge in [0.15, 0.2) is 0 Å². The van der Waals surface area contributed by atoms with Crippen molar-refractivity contribution < 1.29 is 0 Å². The van der Waals surface area contributed by atoms with Crippen LogP contribution in [0.3, 0.4) is 0 Å². The monoisotopic (exact) mass is 270 g/mol. The molecule has 1 heterocycles. The number of thioether (sulfide) groups is 1. The molecule has 18 heavy (non-hydrogen) atoms. The van der Waals surface area contributed by atoms with Crippen molar-refractivity contribution in [1.82, 2.24) is 10.2 Å². The van der Waals surface area contributed by atoms with Crippen LogP contribution >= 0.6 is 11.8 Å². The molecule has 0 spiro atoms. The van der Waals surface area contributed by atoms with Gasteiger partial charge in [0.2, 0.25) is 0 Å². The van der Waals surface area contributed by atoms with Crippen molar-refractivity contribution in [1.29, 1.82) is 0 Å². The van der Waals surface area contributed by atoms with Crippen LogP contribution in [0.2, 0.25) is 0 Å². The van der Waals surface area contributed by atoms with E-state index in [0.29, 0.717) is 0 Å². The van der Waals surface area contributed by atoms with Crippen LogP contribution in [-0.4, -0.2) is 48.1 Å². The third-order valence-electron chi connectivity index (χ3n) is 4.71. The van der Waals surface area contributed by atoms with Crippen LogP contribution in [0, 0.1) is 11.8 Å². The molecule has 3 unspecified atom stereocenters. The third kappa shape index (κ3) is 3.88. The molecule has 1 saturated carbocycles. The van der Waals surface area contributed by atoms with Crippen LogP contribution < -0.4 is 5.32 Å². The SMILES string of the molecule is CCSCCN1CC(C(C)CC)NCC1C1CC1. The van der Waals surface area contributed by atoms with Crippen molar-refractivity contribution in [3.8, 4) is 0 Å². The molecule has 0 bridgehead atoms. The highest BCUT2D eigenvalue weighted by Crippen LogP contribution is 2.36. The average Bonchev–Trinajstić information content (AvgIpc) is 3.22. The first-order valence-corrected chi connectivity index (χ1v) is 8.96. The number of nitrogens with one attached hydrogen (secondary N) is 1. The van der Waals surface area contributed by atoms with Gasteiger partial charge in [-0.3, -0.25) is 4.90 Å². The minimum Gasteiger partial charge on any atom is -0.311 e. The Morgan fingerprint density at radius 3 is 2.72 bits per heavy atom. The van der Waals surface area contributed by atoms with Gasteiger partial charge in [-0.2, -0.15) is 11.8 Å². The van der Waals surface area contributed by atoms with Crippen LogP contribution in [0.25, 0.3) is 0 Å². The van der Waals surface area contributed by atoms with Gasteiger partial charge in [-0.25, -0.2) is 0 Å². The van der Waals surface area contributed by atoms with E-state index in [0.717, 1.165) is 23.9 Å². The topological polar surface area (TPSA) is 15.3 Å². The molecule has 3 heteroatoms. The second kappa shape index (κ2) is 7.16. The summed E-state index contributed by atoms with van der Waals surface area (Å²) >= 11 is 2.09. The Hall–Kier alpha value is 0.270. The van der Waals surface area contributed by atoms with E-state index in [2.05, 4.69) is 42.7 Å². The summed E-state index contributed by atoms with van der Waals surface area (Å²) in [5, 5.41) is 3.81. The van der Waals surface area contributed by atoms with Gasteiger partial charge in [0.1, 0.15) is 0 Å². The molecule has 106 valence electrons. The second-order valence-corrected chi connectivity index (χ2v) is 7.39. The summed E-state index contributed by atoms with van der Waals surface area (Å²) in [7, 11) is 0. The van der Waals surface area contributed by atoms with Crippen LogP contribution in [0.1, 0.15) is 40.0 Å². The molecule has 0 aromatic heterocycles. The lowest BCUT2D eigenvalue weighted by molar-refractivity contribution is 0.103. The van der Waals surface area contributed by atoms with Crippen molar-refractivity contribution in [2.75, 3.05) is 31.1 Å². The molecule has 0 radical (unpaired) electrons. The third-order valence-corrected chi connectivity index (χ3v) is 5.59. The van der Waals surface area contributed by atoms with E-state index in [4.69, 9.17) is 0 Å². The summed E-state index contributed by atoms with van der Waals surface area (Å²) < 4.78 is 0. The van der Waals surface area contributed by atoms with Gasteiger partial charge < -0.3 is 5.32 Å². The number of nitrogens with zero attached hydrogens (tertiary/aromatic N) is 1. The maximum atomic E-state index is 3.81. The molecule has 0 aromatic rings. The van der Waals surface area contributed by atoms with E-state index in [1.165, 1.54) is 50.4 Å². The highest BCUT2D eigenvalue weighted by Gasteiger charge is 2.39. The van der Waals surface area contributed by atoms with E-state index in [1.54, 1.807) is 0 Å². The summed E-state index contributed by atoms with van der Waals surface area (Å²) in [5.74, 6) is 4.38. The van der Waals surface area contributed by atoms with Gasteiger partial charge in [0.05, 0.1) is 0 Å². The predicted molar refractivity (Wildman–Crippen MR) is 82.3 cm³/mol. The molecule has 2 nitrogen and oxygen atoms in total. The fourth-order valence-electron chi connectivity index (χ4n) is 3.05. The Morgan fingerprint density at radius 2 is 2.11 bits per heavy atom. The first kappa shape index (κ1) is 14.7. The lowest BCUT2D eigenvalue weighted by Crippen LogP contribution is -2.59. The van der Waals surface area contributed by atoms with E-state index < -0.39 is 0 Å². The number of hydrogen-bond donors (Lipinski definition) is 1. The number of rotatable bonds is 7. The summed E-state index contributed by atoms with van der Waals surface area (Å²) in [6.45, 7) is 10.8. The normalized spacial score (nSPS) is 31.5. The van der Waals surface area contributed by atoms with Crippen LogP contribution in [-0.2, 0) is 0 Å². The first-order chi connectivity index (χ1) is 8.76. The van der Waals surface area contributed by atoms with Gasteiger partial charge >= 0.3 is 0 Å². The number of piperazine rings is 1. The van der Waals surface area contributed by atoms with Gasteiger partial charge in [-0.05, 0) is 30.4 Å². The van der Waals surface area contributed by atoms with Crippen LogP contribution in [0.4, 0.5) is 0 Å². The quantitative estimate of drug-likeness (QED) is 0.716. The minimum absolute atomic E-state index is 0.719. The fraction of sp³-hybridized carbons (Fsp3) is 1.00. The Bertz CT molecular complexity index is 243. The van der Waals surface area contributed by atoms with Gasteiger partial charge in [0.25, 0.3) is 0 Å². The minimum atomic E-state index is 0.719. The first-order valence-electron chi connectivity index (χ1n) is 7.81. The summed E-state index contributed by atoms with van der Waals surface area (Å²) in [4.78, 5) is 2.80. The van der Waals surface area contributed by atoms with Crippen molar-refractivity contribution in [2.45, 2.75) is 52.1 Å². The van der Waals surface area contributed by atoms with E-state index in [-0.39, 0.29) is 0 Å². The molecule has 0 amide bonds. The molecular formula is C15H30N2S. The highest BCUT2D eigenvalue weighted by atomic mass is 32.2. The molecule has 2 rings (SSSR count). The molecular weight excluding hydrogens is 240 g/mol. The van der Waals surface area contributed by atoms with Crippen molar-refractivity contribution >= 4 is 11.8 Å². The van der Waals surface area contributed by atoms with Gasteiger partial charge in [-0.1, -0.05) is 27.2 Å². The fourth-order valence-corrected chi connectivity index (χ4v) is 3.70.